The van der Waals surface area contributed by atoms with Crippen molar-refractivity contribution < 1.29 is 4.79 Å². The number of benzene rings is 2. The molecule has 0 amide bonds. The smallest absolute Gasteiger partial charge is 0.233 e. The summed E-state index contributed by atoms with van der Waals surface area (Å²) < 4.78 is 0. The van der Waals surface area contributed by atoms with Crippen molar-refractivity contribution in [3.05, 3.63) is 59.1 Å². The van der Waals surface area contributed by atoms with Crippen LogP contribution in [0, 0.1) is 0 Å². The minimum Gasteiger partial charge on any atom is -0.285 e. The van der Waals surface area contributed by atoms with E-state index in [0.717, 1.165) is 16.1 Å². The lowest BCUT2D eigenvalue weighted by molar-refractivity contribution is 0.563. The van der Waals surface area contributed by atoms with Crippen molar-refractivity contribution in [1.82, 2.24) is 0 Å². The highest BCUT2D eigenvalue weighted by Crippen LogP contribution is 2.21. The molecule has 0 fully saturated rings. The molecular formula is C13H8ClO. The Balaban J connectivity index is 2.37. The van der Waals surface area contributed by atoms with Gasteiger partial charge in [-0.2, -0.15) is 0 Å². The first-order valence-electron chi connectivity index (χ1n) is 4.54. The molecule has 0 bridgehead atoms. The summed E-state index contributed by atoms with van der Waals surface area (Å²) in [7, 11) is 0. The largest absolute Gasteiger partial charge is 0.285 e. The first kappa shape index (κ1) is 9.94. The van der Waals surface area contributed by atoms with Gasteiger partial charge in [-0.3, -0.25) is 4.79 Å². The van der Waals surface area contributed by atoms with Gasteiger partial charge in [0, 0.05) is 10.6 Å². The van der Waals surface area contributed by atoms with Crippen LogP contribution < -0.4 is 0 Å². The molecule has 0 N–H and O–H groups in total. The Kier molecular flexibility index (Phi) is 2.84. The van der Waals surface area contributed by atoms with Crippen molar-refractivity contribution in [3.8, 4) is 11.1 Å². The van der Waals surface area contributed by atoms with Crippen LogP contribution in [-0.4, -0.2) is 6.29 Å². The van der Waals surface area contributed by atoms with E-state index < -0.39 is 0 Å². The van der Waals surface area contributed by atoms with Gasteiger partial charge in [0.2, 0.25) is 6.29 Å². The molecule has 0 unspecified atom stereocenters. The number of hydrogen-bond donors (Lipinski definition) is 0. The van der Waals surface area contributed by atoms with E-state index in [4.69, 9.17) is 11.6 Å². The average molecular weight is 216 g/mol. The molecule has 1 nitrogen and oxygen atoms in total. The summed E-state index contributed by atoms with van der Waals surface area (Å²) in [6, 6.07) is 14.9. The molecule has 0 atom stereocenters. The van der Waals surface area contributed by atoms with Crippen molar-refractivity contribution in [1.29, 1.82) is 0 Å². The molecule has 0 saturated carbocycles. The highest BCUT2D eigenvalue weighted by Gasteiger charge is 1.97. The minimum atomic E-state index is 0.563. The number of rotatable bonds is 2. The Morgan fingerprint density at radius 2 is 1.27 bits per heavy atom. The van der Waals surface area contributed by atoms with Gasteiger partial charge in [0.25, 0.3) is 0 Å². The highest BCUT2D eigenvalue weighted by atomic mass is 35.5. The summed E-state index contributed by atoms with van der Waals surface area (Å²) in [5.74, 6) is 0. The lowest BCUT2D eigenvalue weighted by atomic mass is 10.0. The summed E-state index contributed by atoms with van der Waals surface area (Å²) in [5, 5.41) is 0.719. The third kappa shape index (κ3) is 2.25. The standard InChI is InChI=1S/C13H8ClO/c14-13-7-5-12(6-8-13)11-3-1-10(9-15)2-4-11/h1-8H. The zero-order valence-electron chi connectivity index (χ0n) is 7.91. The molecule has 0 aromatic heterocycles. The van der Waals surface area contributed by atoms with Crippen LogP contribution in [0.15, 0.2) is 48.5 Å². The molecule has 2 aromatic rings. The molecule has 0 heterocycles. The van der Waals surface area contributed by atoms with Crippen LogP contribution in [0.3, 0.4) is 0 Å². The van der Waals surface area contributed by atoms with Gasteiger partial charge in [0.05, 0.1) is 0 Å². The zero-order valence-corrected chi connectivity index (χ0v) is 8.66. The van der Waals surface area contributed by atoms with Crippen LogP contribution in [0.25, 0.3) is 11.1 Å². The summed E-state index contributed by atoms with van der Waals surface area (Å²) in [4.78, 5) is 10.4. The fourth-order valence-electron chi connectivity index (χ4n) is 1.37. The molecule has 0 aliphatic heterocycles. The van der Waals surface area contributed by atoms with Crippen molar-refractivity contribution in [2.75, 3.05) is 0 Å². The second kappa shape index (κ2) is 4.28. The van der Waals surface area contributed by atoms with Gasteiger partial charge >= 0.3 is 0 Å². The maximum atomic E-state index is 10.4. The summed E-state index contributed by atoms with van der Waals surface area (Å²) >= 11 is 5.80. The zero-order chi connectivity index (χ0) is 10.7. The van der Waals surface area contributed by atoms with Gasteiger partial charge < -0.3 is 0 Å². The quantitative estimate of drug-likeness (QED) is 0.750. The van der Waals surface area contributed by atoms with E-state index in [-0.39, 0.29) is 0 Å². The molecule has 0 aliphatic rings. The van der Waals surface area contributed by atoms with Crippen LogP contribution >= 0.6 is 11.6 Å². The molecule has 15 heavy (non-hydrogen) atoms. The first-order valence-corrected chi connectivity index (χ1v) is 4.91. The van der Waals surface area contributed by atoms with E-state index in [9.17, 15) is 4.79 Å². The van der Waals surface area contributed by atoms with E-state index in [1.807, 2.05) is 42.7 Å². The maximum Gasteiger partial charge on any atom is 0.233 e. The average Bonchev–Trinajstić information content (AvgIpc) is 2.30. The summed E-state index contributed by atoms with van der Waals surface area (Å²) in [6.45, 7) is 0. The van der Waals surface area contributed by atoms with Crippen molar-refractivity contribution in [2.45, 2.75) is 0 Å². The fourth-order valence-corrected chi connectivity index (χ4v) is 1.50. The van der Waals surface area contributed by atoms with Gasteiger partial charge in [0.15, 0.2) is 0 Å². The molecule has 1 radical (unpaired) electrons. The molecule has 2 heteroatoms. The number of halogens is 1. The first-order chi connectivity index (χ1) is 7.29. The maximum absolute atomic E-state index is 10.4. The minimum absolute atomic E-state index is 0.563. The van der Waals surface area contributed by atoms with Gasteiger partial charge in [-0.25, -0.2) is 0 Å². The highest BCUT2D eigenvalue weighted by molar-refractivity contribution is 6.30. The Morgan fingerprint density at radius 3 is 1.73 bits per heavy atom. The van der Waals surface area contributed by atoms with E-state index >= 15 is 0 Å². The Hall–Kier alpha value is -1.60. The van der Waals surface area contributed by atoms with Crippen molar-refractivity contribution >= 4 is 17.9 Å². The number of carbonyl (C=O) groups excluding carboxylic acids is 1. The van der Waals surface area contributed by atoms with Gasteiger partial charge in [0.1, 0.15) is 0 Å². The summed E-state index contributed by atoms with van der Waals surface area (Å²) in [5.41, 5.74) is 2.70. The van der Waals surface area contributed by atoms with Gasteiger partial charge in [-0.05, 0) is 23.3 Å². The van der Waals surface area contributed by atoms with Crippen LogP contribution in [0.4, 0.5) is 0 Å². The molecule has 2 rings (SSSR count). The van der Waals surface area contributed by atoms with Crippen LogP contribution in [0.1, 0.15) is 5.56 Å². The van der Waals surface area contributed by atoms with Crippen LogP contribution in [0.2, 0.25) is 5.02 Å². The number of hydrogen-bond acceptors (Lipinski definition) is 1. The topological polar surface area (TPSA) is 17.1 Å². The lowest BCUT2D eigenvalue weighted by Gasteiger charge is -2.01. The molecule has 73 valence electrons. The predicted molar refractivity (Wildman–Crippen MR) is 61.7 cm³/mol. The Morgan fingerprint density at radius 1 is 0.800 bits per heavy atom. The monoisotopic (exact) mass is 215 g/mol. The molecule has 0 saturated heterocycles. The Labute approximate surface area is 93.3 Å². The van der Waals surface area contributed by atoms with E-state index in [1.54, 1.807) is 12.1 Å². The SMILES string of the molecule is O=[C]c1ccc(-c2ccc(Cl)cc2)cc1. The second-order valence-corrected chi connectivity index (χ2v) is 3.62. The lowest BCUT2D eigenvalue weighted by Crippen LogP contribution is -1.81. The summed E-state index contributed by atoms with van der Waals surface area (Å²) in [6.07, 6.45) is 1.84. The molecular weight excluding hydrogens is 208 g/mol. The Bertz CT molecular complexity index is 457. The van der Waals surface area contributed by atoms with Crippen LogP contribution in [0.5, 0.6) is 0 Å². The van der Waals surface area contributed by atoms with Crippen molar-refractivity contribution in [2.24, 2.45) is 0 Å². The van der Waals surface area contributed by atoms with Gasteiger partial charge in [-0.1, -0.05) is 48.0 Å². The molecule has 0 aliphatic carbocycles. The normalized spacial score (nSPS) is 9.93. The van der Waals surface area contributed by atoms with Gasteiger partial charge in [-0.15, -0.1) is 0 Å². The predicted octanol–water partition coefficient (Wildman–Crippen LogP) is 3.46. The van der Waals surface area contributed by atoms with E-state index in [2.05, 4.69) is 0 Å². The molecule has 0 spiro atoms. The molecule has 2 aromatic carbocycles. The fraction of sp³-hybridized carbons (Fsp3) is 0. The van der Waals surface area contributed by atoms with Crippen LogP contribution in [-0.2, 0) is 4.79 Å². The van der Waals surface area contributed by atoms with E-state index in [1.165, 1.54) is 0 Å². The third-order valence-electron chi connectivity index (χ3n) is 2.18. The van der Waals surface area contributed by atoms with E-state index in [0.29, 0.717) is 5.56 Å². The van der Waals surface area contributed by atoms with Crippen molar-refractivity contribution in [3.63, 3.8) is 0 Å². The third-order valence-corrected chi connectivity index (χ3v) is 2.43. The second-order valence-electron chi connectivity index (χ2n) is 3.19.